The maximum atomic E-state index is 13.3. The lowest BCUT2D eigenvalue weighted by Gasteiger charge is -2.20. The molecule has 0 atom stereocenters. The smallest absolute Gasteiger partial charge is 0.319 e. The quantitative estimate of drug-likeness (QED) is 0.747. The maximum Gasteiger partial charge on any atom is 0.319 e. The number of carbonyl (C=O) groups is 1. The summed E-state index contributed by atoms with van der Waals surface area (Å²) in [7, 11) is 1.35. The van der Waals surface area contributed by atoms with Crippen LogP contribution in [0, 0.1) is 5.82 Å². The average molecular weight is 274 g/mol. The van der Waals surface area contributed by atoms with E-state index in [0.717, 1.165) is 13.0 Å². The van der Waals surface area contributed by atoms with Crippen molar-refractivity contribution in [3.63, 3.8) is 0 Å². The van der Waals surface area contributed by atoms with Gasteiger partial charge in [-0.2, -0.15) is 0 Å². The zero-order valence-electron chi connectivity index (χ0n) is 10.6. The van der Waals surface area contributed by atoms with E-state index in [-0.39, 0.29) is 17.5 Å². The molecular formula is C13H17ClFNO2. The van der Waals surface area contributed by atoms with E-state index in [2.05, 4.69) is 4.74 Å². The molecule has 0 saturated heterocycles. The summed E-state index contributed by atoms with van der Waals surface area (Å²) in [5.74, 6) is -0.750. The number of halogens is 2. The number of ether oxygens (including phenoxy) is 1. The molecule has 1 aromatic rings. The molecule has 0 heterocycles. The molecule has 100 valence electrons. The van der Waals surface area contributed by atoms with Crippen molar-refractivity contribution in [1.29, 1.82) is 0 Å². The van der Waals surface area contributed by atoms with Crippen LogP contribution in [-0.2, 0) is 16.1 Å². The van der Waals surface area contributed by atoms with Gasteiger partial charge in [-0.05, 0) is 24.6 Å². The molecular weight excluding hydrogens is 257 g/mol. The standard InChI is InChI=1S/C13H17ClFNO2/c1-3-7-16(9-12(17)18-2)8-10-5-4-6-11(15)13(10)14/h4-6H,3,7-9H2,1-2H3. The number of benzene rings is 1. The number of hydrogen-bond donors (Lipinski definition) is 0. The Balaban J connectivity index is 2.76. The first-order chi connectivity index (χ1) is 8.58. The van der Waals surface area contributed by atoms with Crippen molar-refractivity contribution >= 4 is 17.6 Å². The molecule has 1 rings (SSSR count). The Hall–Kier alpha value is -1.13. The monoisotopic (exact) mass is 273 g/mol. The molecule has 0 N–H and O–H groups in total. The lowest BCUT2D eigenvalue weighted by Crippen LogP contribution is -2.31. The molecule has 0 aliphatic carbocycles. The van der Waals surface area contributed by atoms with Gasteiger partial charge in [0.05, 0.1) is 18.7 Å². The highest BCUT2D eigenvalue weighted by atomic mass is 35.5. The third kappa shape index (κ3) is 4.27. The highest BCUT2D eigenvalue weighted by Gasteiger charge is 2.13. The van der Waals surface area contributed by atoms with Gasteiger partial charge in [-0.15, -0.1) is 0 Å². The second-order valence-electron chi connectivity index (χ2n) is 4.00. The van der Waals surface area contributed by atoms with Crippen LogP contribution in [0.1, 0.15) is 18.9 Å². The van der Waals surface area contributed by atoms with Crippen LogP contribution in [0.4, 0.5) is 4.39 Å². The second-order valence-corrected chi connectivity index (χ2v) is 4.38. The molecule has 0 saturated carbocycles. The molecule has 0 radical (unpaired) electrons. The minimum absolute atomic E-state index is 0.114. The Bertz CT molecular complexity index is 412. The SMILES string of the molecule is CCCN(CC(=O)OC)Cc1cccc(F)c1Cl. The Labute approximate surface area is 111 Å². The molecule has 0 aliphatic heterocycles. The van der Waals surface area contributed by atoms with Crippen LogP contribution in [0.3, 0.4) is 0 Å². The number of hydrogen-bond acceptors (Lipinski definition) is 3. The van der Waals surface area contributed by atoms with Gasteiger partial charge in [0.2, 0.25) is 0 Å². The summed E-state index contributed by atoms with van der Waals surface area (Å²) in [5, 5.41) is 0.114. The largest absolute Gasteiger partial charge is 0.468 e. The van der Waals surface area contributed by atoms with E-state index < -0.39 is 5.82 Å². The maximum absolute atomic E-state index is 13.3. The molecule has 0 aromatic heterocycles. The van der Waals surface area contributed by atoms with E-state index in [0.29, 0.717) is 12.1 Å². The summed E-state index contributed by atoms with van der Waals surface area (Å²) in [5.41, 5.74) is 0.675. The summed E-state index contributed by atoms with van der Waals surface area (Å²) in [6, 6.07) is 4.68. The highest BCUT2D eigenvalue weighted by molar-refractivity contribution is 6.31. The Morgan fingerprint density at radius 2 is 2.22 bits per heavy atom. The Morgan fingerprint density at radius 3 is 2.83 bits per heavy atom. The van der Waals surface area contributed by atoms with Crippen molar-refractivity contribution in [1.82, 2.24) is 4.90 Å². The molecule has 0 unspecified atom stereocenters. The molecule has 3 nitrogen and oxygen atoms in total. The van der Waals surface area contributed by atoms with E-state index in [1.165, 1.54) is 13.2 Å². The van der Waals surface area contributed by atoms with Crippen molar-refractivity contribution in [2.75, 3.05) is 20.2 Å². The number of rotatable bonds is 6. The molecule has 1 aromatic carbocycles. The van der Waals surface area contributed by atoms with E-state index in [1.54, 1.807) is 12.1 Å². The van der Waals surface area contributed by atoms with Crippen LogP contribution >= 0.6 is 11.6 Å². The van der Waals surface area contributed by atoms with Gasteiger partial charge in [0.25, 0.3) is 0 Å². The predicted molar refractivity (Wildman–Crippen MR) is 69.0 cm³/mol. The van der Waals surface area contributed by atoms with Crippen LogP contribution < -0.4 is 0 Å². The van der Waals surface area contributed by atoms with Gasteiger partial charge < -0.3 is 4.74 Å². The van der Waals surface area contributed by atoms with Gasteiger partial charge in [-0.1, -0.05) is 30.7 Å². The van der Waals surface area contributed by atoms with Crippen molar-refractivity contribution in [2.24, 2.45) is 0 Å². The van der Waals surface area contributed by atoms with Crippen molar-refractivity contribution in [3.8, 4) is 0 Å². The topological polar surface area (TPSA) is 29.5 Å². The zero-order valence-corrected chi connectivity index (χ0v) is 11.3. The van der Waals surface area contributed by atoms with Crippen molar-refractivity contribution in [2.45, 2.75) is 19.9 Å². The van der Waals surface area contributed by atoms with Gasteiger partial charge in [0.1, 0.15) is 5.82 Å². The summed E-state index contributed by atoms with van der Waals surface area (Å²) in [6.07, 6.45) is 0.893. The van der Waals surface area contributed by atoms with Crippen molar-refractivity contribution in [3.05, 3.63) is 34.6 Å². The van der Waals surface area contributed by atoms with E-state index in [1.807, 2.05) is 11.8 Å². The summed E-state index contributed by atoms with van der Waals surface area (Å²) in [4.78, 5) is 13.1. The number of methoxy groups -OCH3 is 1. The van der Waals surface area contributed by atoms with Gasteiger partial charge in [-0.25, -0.2) is 4.39 Å². The fourth-order valence-corrected chi connectivity index (χ4v) is 1.87. The van der Waals surface area contributed by atoms with Crippen LogP contribution in [0.2, 0.25) is 5.02 Å². The predicted octanol–water partition coefficient (Wildman–Crippen LogP) is 2.86. The Kier molecular flexibility index (Phi) is 6.09. The minimum atomic E-state index is -0.441. The fraction of sp³-hybridized carbons (Fsp3) is 0.462. The van der Waals surface area contributed by atoms with E-state index in [4.69, 9.17) is 11.6 Å². The second kappa shape index (κ2) is 7.34. The summed E-state index contributed by atoms with van der Waals surface area (Å²) < 4.78 is 17.9. The van der Waals surface area contributed by atoms with Crippen molar-refractivity contribution < 1.29 is 13.9 Å². The minimum Gasteiger partial charge on any atom is -0.468 e. The average Bonchev–Trinajstić information content (AvgIpc) is 2.35. The van der Waals surface area contributed by atoms with Crippen LogP contribution in [0.25, 0.3) is 0 Å². The highest BCUT2D eigenvalue weighted by Crippen LogP contribution is 2.21. The van der Waals surface area contributed by atoms with E-state index >= 15 is 0 Å². The molecule has 0 amide bonds. The first kappa shape index (κ1) is 14.9. The molecule has 5 heteroatoms. The normalized spacial score (nSPS) is 10.7. The third-order valence-corrected chi connectivity index (χ3v) is 2.97. The van der Waals surface area contributed by atoms with E-state index in [9.17, 15) is 9.18 Å². The van der Waals surface area contributed by atoms with Gasteiger partial charge in [0.15, 0.2) is 0 Å². The third-order valence-electron chi connectivity index (χ3n) is 2.55. The fourth-order valence-electron chi connectivity index (χ4n) is 1.69. The first-order valence-corrected chi connectivity index (χ1v) is 6.18. The lowest BCUT2D eigenvalue weighted by molar-refractivity contribution is -0.142. The number of nitrogens with zero attached hydrogens (tertiary/aromatic N) is 1. The molecule has 0 fully saturated rings. The number of carbonyl (C=O) groups excluding carboxylic acids is 1. The van der Waals surface area contributed by atoms with Crippen LogP contribution in [-0.4, -0.2) is 31.1 Å². The first-order valence-electron chi connectivity index (χ1n) is 5.80. The van der Waals surface area contributed by atoms with Gasteiger partial charge >= 0.3 is 5.97 Å². The van der Waals surface area contributed by atoms with Gasteiger partial charge in [-0.3, -0.25) is 9.69 Å². The Morgan fingerprint density at radius 1 is 1.50 bits per heavy atom. The lowest BCUT2D eigenvalue weighted by atomic mass is 10.2. The van der Waals surface area contributed by atoms with Gasteiger partial charge in [0, 0.05) is 6.54 Å². The molecule has 0 aliphatic rings. The number of esters is 1. The van der Waals surface area contributed by atoms with Crippen LogP contribution in [0.5, 0.6) is 0 Å². The van der Waals surface area contributed by atoms with Crippen LogP contribution in [0.15, 0.2) is 18.2 Å². The molecule has 0 bridgehead atoms. The summed E-state index contributed by atoms with van der Waals surface area (Å²) >= 11 is 5.89. The molecule has 18 heavy (non-hydrogen) atoms. The zero-order chi connectivity index (χ0) is 13.5. The molecule has 0 spiro atoms. The summed E-state index contributed by atoms with van der Waals surface area (Å²) in [6.45, 7) is 3.34.